The van der Waals surface area contributed by atoms with Crippen molar-refractivity contribution in [2.45, 2.75) is 70.4 Å². The van der Waals surface area contributed by atoms with Crippen molar-refractivity contribution in [3.8, 4) is 0 Å². The van der Waals surface area contributed by atoms with E-state index in [4.69, 9.17) is 9.57 Å². The molecule has 4 heteroatoms. The SMILES string of the molecule is CCCCCCC1CC2(C(=O)OCC)CCON12. The molecule has 0 amide bonds. The lowest BCUT2D eigenvalue weighted by Crippen LogP contribution is -2.66. The van der Waals surface area contributed by atoms with Gasteiger partial charge in [0.1, 0.15) is 5.54 Å². The number of ether oxygens (including phenoxy) is 1. The fraction of sp³-hybridized carbons (Fsp3) is 0.929. The maximum absolute atomic E-state index is 12.0. The van der Waals surface area contributed by atoms with Crippen molar-refractivity contribution in [3.63, 3.8) is 0 Å². The summed E-state index contributed by atoms with van der Waals surface area (Å²) in [5.41, 5.74) is -0.439. The predicted octanol–water partition coefficient (Wildman–Crippen LogP) is 2.67. The van der Waals surface area contributed by atoms with E-state index in [-0.39, 0.29) is 5.97 Å². The second kappa shape index (κ2) is 6.02. The molecule has 4 nitrogen and oxygen atoms in total. The summed E-state index contributed by atoms with van der Waals surface area (Å²) in [5.74, 6) is -0.0905. The van der Waals surface area contributed by atoms with Crippen LogP contribution in [0.2, 0.25) is 0 Å². The zero-order chi connectivity index (χ0) is 13.0. The van der Waals surface area contributed by atoms with E-state index in [2.05, 4.69) is 6.92 Å². The Morgan fingerprint density at radius 3 is 2.94 bits per heavy atom. The zero-order valence-corrected chi connectivity index (χ0v) is 11.6. The van der Waals surface area contributed by atoms with Crippen LogP contribution in [0.15, 0.2) is 0 Å². The van der Waals surface area contributed by atoms with Gasteiger partial charge in [0.05, 0.1) is 13.2 Å². The van der Waals surface area contributed by atoms with Gasteiger partial charge in [-0.2, -0.15) is 5.06 Å². The quantitative estimate of drug-likeness (QED) is 0.518. The molecular weight excluding hydrogens is 230 g/mol. The van der Waals surface area contributed by atoms with Gasteiger partial charge < -0.3 is 4.74 Å². The van der Waals surface area contributed by atoms with Gasteiger partial charge in [0.15, 0.2) is 0 Å². The standard InChI is InChI=1S/C14H25NO3/c1-3-5-6-7-8-12-11-14(13(16)17-4-2)9-10-18-15(12)14/h12H,3-11H2,1-2H3. The third-order valence-corrected chi connectivity index (χ3v) is 4.12. The average Bonchev–Trinajstić information content (AvgIpc) is 2.68. The molecule has 2 aliphatic heterocycles. The highest BCUT2D eigenvalue weighted by Crippen LogP contribution is 2.46. The monoisotopic (exact) mass is 255 g/mol. The second-order valence-electron chi connectivity index (χ2n) is 5.37. The Labute approximate surface area is 110 Å². The first kappa shape index (κ1) is 13.8. The first-order valence-corrected chi connectivity index (χ1v) is 7.34. The molecule has 104 valence electrons. The van der Waals surface area contributed by atoms with E-state index in [9.17, 15) is 4.79 Å². The lowest BCUT2D eigenvalue weighted by Gasteiger charge is -2.50. The number of hydrogen-bond donors (Lipinski definition) is 0. The molecule has 18 heavy (non-hydrogen) atoms. The van der Waals surface area contributed by atoms with Crippen molar-refractivity contribution in [2.75, 3.05) is 13.2 Å². The molecule has 0 aromatic rings. The fourth-order valence-electron chi connectivity index (χ4n) is 3.12. The van der Waals surface area contributed by atoms with Crippen molar-refractivity contribution in [3.05, 3.63) is 0 Å². The average molecular weight is 255 g/mol. The molecule has 0 aromatic heterocycles. The second-order valence-corrected chi connectivity index (χ2v) is 5.37. The van der Waals surface area contributed by atoms with Gasteiger partial charge in [0, 0.05) is 12.5 Å². The van der Waals surface area contributed by atoms with Crippen LogP contribution >= 0.6 is 0 Å². The van der Waals surface area contributed by atoms with Crippen LogP contribution in [-0.2, 0) is 14.4 Å². The molecule has 0 saturated carbocycles. The summed E-state index contributed by atoms with van der Waals surface area (Å²) in [6.07, 6.45) is 7.93. The van der Waals surface area contributed by atoms with Gasteiger partial charge in [0.2, 0.25) is 0 Å². The van der Waals surface area contributed by atoms with E-state index in [1.54, 1.807) is 0 Å². The van der Waals surface area contributed by atoms with Gasteiger partial charge in [-0.25, -0.2) is 4.79 Å². The highest BCUT2D eigenvalue weighted by molar-refractivity contribution is 5.82. The molecule has 0 radical (unpaired) electrons. The number of rotatable bonds is 7. The summed E-state index contributed by atoms with van der Waals surface area (Å²) in [7, 11) is 0. The van der Waals surface area contributed by atoms with Crippen LogP contribution in [0.4, 0.5) is 0 Å². The largest absolute Gasteiger partial charge is 0.465 e. The molecular formula is C14H25NO3. The molecule has 0 aromatic carbocycles. The van der Waals surface area contributed by atoms with Crippen LogP contribution in [0, 0.1) is 0 Å². The van der Waals surface area contributed by atoms with Crippen LogP contribution in [0.1, 0.15) is 58.8 Å². The van der Waals surface area contributed by atoms with Gasteiger partial charge in [-0.05, 0) is 19.8 Å². The minimum absolute atomic E-state index is 0.0905. The summed E-state index contributed by atoms with van der Waals surface area (Å²) in [5, 5.41) is 1.93. The van der Waals surface area contributed by atoms with Gasteiger partial charge >= 0.3 is 5.97 Å². The molecule has 0 N–H and O–H groups in total. The molecule has 2 saturated heterocycles. The lowest BCUT2D eigenvalue weighted by molar-refractivity contribution is -0.260. The number of carbonyl (C=O) groups excluding carboxylic acids is 1. The molecule has 2 unspecified atom stereocenters. The summed E-state index contributed by atoms with van der Waals surface area (Å²) in [6.45, 7) is 5.19. The number of esters is 1. The van der Waals surface area contributed by atoms with Crippen LogP contribution < -0.4 is 0 Å². The molecule has 2 aliphatic rings. The third kappa shape index (κ3) is 2.41. The number of carbonyl (C=O) groups is 1. The van der Waals surface area contributed by atoms with Gasteiger partial charge in [-0.15, -0.1) is 0 Å². The number of fused-ring (bicyclic) bond motifs is 1. The summed E-state index contributed by atoms with van der Waals surface area (Å²) >= 11 is 0. The van der Waals surface area contributed by atoms with Gasteiger partial charge in [0.25, 0.3) is 0 Å². The Hall–Kier alpha value is -0.610. The van der Waals surface area contributed by atoms with Crippen molar-refractivity contribution < 1.29 is 14.4 Å². The van der Waals surface area contributed by atoms with Gasteiger partial charge in [-0.1, -0.05) is 32.6 Å². The molecule has 2 heterocycles. The van der Waals surface area contributed by atoms with Gasteiger partial charge in [-0.3, -0.25) is 4.84 Å². The van der Waals surface area contributed by atoms with E-state index < -0.39 is 5.54 Å². The van der Waals surface area contributed by atoms with E-state index >= 15 is 0 Å². The first-order chi connectivity index (χ1) is 8.74. The Kier molecular flexibility index (Phi) is 4.62. The number of hydroxylamine groups is 2. The van der Waals surface area contributed by atoms with Crippen molar-refractivity contribution >= 4 is 5.97 Å². The smallest absolute Gasteiger partial charge is 0.329 e. The minimum Gasteiger partial charge on any atom is -0.465 e. The maximum Gasteiger partial charge on any atom is 0.329 e. The van der Waals surface area contributed by atoms with Crippen molar-refractivity contribution in [1.82, 2.24) is 5.06 Å². The third-order valence-electron chi connectivity index (χ3n) is 4.12. The Morgan fingerprint density at radius 1 is 1.39 bits per heavy atom. The molecule has 2 fully saturated rings. The zero-order valence-electron chi connectivity index (χ0n) is 11.6. The molecule has 0 spiro atoms. The first-order valence-electron chi connectivity index (χ1n) is 7.34. The summed E-state index contributed by atoms with van der Waals surface area (Å²) in [4.78, 5) is 17.6. The molecule has 0 aliphatic carbocycles. The van der Waals surface area contributed by atoms with E-state index in [1.165, 1.54) is 25.7 Å². The van der Waals surface area contributed by atoms with Crippen molar-refractivity contribution in [1.29, 1.82) is 0 Å². The number of unbranched alkanes of at least 4 members (excludes halogenated alkanes) is 3. The van der Waals surface area contributed by atoms with Crippen LogP contribution in [0.5, 0.6) is 0 Å². The summed E-state index contributed by atoms with van der Waals surface area (Å²) < 4.78 is 5.18. The van der Waals surface area contributed by atoms with Crippen LogP contribution in [0.3, 0.4) is 0 Å². The maximum atomic E-state index is 12.0. The predicted molar refractivity (Wildman–Crippen MR) is 68.9 cm³/mol. The number of hydrogen-bond acceptors (Lipinski definition) is 4. The molecule has 2 rings (SSSR count). The molecule has 0 bridgehead atoms. The topological polar surface area (TPSA) is 38.8 Å². The fourth-order valence-corrected chi connectivity index (χ4v) is 3.12. The summed E-state index contributed by atoms with van der Waals surface area (Å²) in [6, 6.07) is 0.425. The van der Waals surface area contributed by atoms with E-state index in [0.717, 1.165) is 19.3 Å². The van der Waals surface area contributed by atoms with E-state index in [0.29, 0.717) is 19.3 Å². The highest BCUT2D eigenvalue weighted by atomic mass is 16.7. The van der Waals surface area contributed by atoms with Crippen LogP contribution in [0.25, 0.3) is 0 Å². The normalized spacial score (nSPS) is 30.9. The van der Waals surface area contributed by atoms with E-state index in [1.807, 2.05) is 12.0 Å². The number of nitrogens with zero attached hydrogens (tertiary/aromatic N) is 1. The molecule has 2 atom stereocenters. The Bertz CT molecular complexity index is 295. The van der Waals surface area contributed by atoms with Crippen LogP contribution in [-0.4, -0.2) is 35.8 Å². The highest BCUT2D eigenvalue weighted by Gasteiger charge is 2.61. The van der Waals surface area contributed by atoms with Crippen molar-refractivity contribution in [2.24, 2.45) is 0 Å². The minimum atomic E-state index is -0.439. The Morgan fingerprint density at radius 2 is 2.22 bits per heavy atom. The Balaban J connectivity index is 1.81. The lowest BCUT2D eigenvalue weighted by atomic mass is 9.77.